The van der Waals surface area contributed by atoms with Gasteiger partial charge in [-0.1, -0.05) is 11.6 Å². The van der Waals surface area contributed by atoms with E-state index in [9.17, 15) is 0 Å². The summed E-state index contributed by atoms with van der Waals surface area (Å²) in [5.41, 5.74) is 2.36. The normalized spacial score (nSPS) is 16.1. The highest BCUT2D eigenvalue weighted by molar-refractivity contribution is 6.31. The van der Waals surface area contributed by atoms with Crippen molar-refractivity contribution in [2.75, 3.05) is 32.1 Å². The fourth-order valence-electron chi connectivity index (χ4n) is 2.72. The zero-order chi connectivity index (χ0) is 14.6. The molecule has 0 radical (unpaired) electrons. The van der Waals surface area contributed by atoms with Crippen molar-refractivity contribution in [3.05, 3.63) is 29.5 Å². The lowest BCUT2D eigenvalue weighted by Gasteiger charge is -2.43. The molecule has 0 amide bonds. The minimum atomic E-state index is 0.564. The van der Waals surface area contributed by atoms with Crippen LogP contribution in [0.15, 0.2) is 28.9 Å². The number of benzene rings is 1. The van der Waals surface area contributed by atoms with E-state index in [1.54, 1.807) is 6.33 Å². The molecule has 4 rings (SSSR count). The van der Waals surface area contributed by atoms with Crippen molar-refractivity contribution in [3.8, 4) is 0 Å². The number of nitrogens with zero attached hydrogens (tertiary/aromatic N) is 4. The van der Waals surface area contributed by atoms with Crippen LogP contribution in [0.4, 0.5) is 5.82 Å². The van der Waals surface area contributed by atoms with Gasteiger partial charge in [0, 0.05) is 29.5 Å². The Labute approximate surface area is 127 Å². The minimum absolute atomic E-state index is 0.564. The molecule has 1 aliphatic rings. The molecule has 3 aromatic rings. The van der Waals surface area contributed by atoms with E-state index in [1.807, 2.05) is 18.2 Å². The highest BCUT2D eigenvalue weighted by Crippen LogP contribution is 2.35. The van der Waals surface area contributed by atoms with Gasteiger partial charge in [-0.25, -0.2) is 9.97 Å². The van der Waals surface area contributed by atoms with Crippen LogP contribution in [-0.2, 0) is 0 Å². The zero-order valence-electron chi connectivity index (χ0n) is 11.9. The number of hydrogen-bond donors (Lipinski definition) is 0. The summed E-state index contributed by atoms with van der Waals surface area (Å²) in [5, 5.41) is 1.62. The Morgan fingerprint density at radius 1 is 1.29 bits per heavy atom. The van der Waals surface area contributed by atoms with Crippen molar-refractivity contribution in [2.24, 2.45) is 0 Å². The van der Waals surface area contributed by atoms with Crippen LogP contribution in [0.2, 0.25) is 5.02 Å². The molecule has 0 unspecified atom stereocenters. The first kappa shape index (κ1) is 12.9. The maximum absolute atomic E-state index is 6.07. The van der Waals surface area contributed by atoms with E-state index in [4.69, 9.17) is 16.0 Å². The first-order chi connectivity index (χ1) is 10.1. The number of furan rings is 1. The first-order valence-electron chi connectivity index (χ1n) is 6.87. The van der Waals surface area contributed by atoms with Gasteiger partial charge in [-0.2, -0.15) is 0 Å². The number of fused-ring (bicyclic) bond motifs is 3. The quantitative estimate of drug-likeness (QED) is 0.728. The summed E-state index contributed by atoms with van der Waals surface area (Å²) in [7, 11) is 4.20. The van der Waals surface area contributed by atoms with Crippen LogP contribution >= 0.6 is 11.6 Å². The molecule has 0 bridgehead atoms. The molecule has 6 heteroatoms. The lowest BCUT2D eigenvalue weighted by atomic mass is 10.1. The molecule has 1 aromatic carbocycles. The van der Waals surface area contributed by atoms with Gasteiger partial charge in [0.05, 0.1) is 0 Å². The maximum Gasteiger partial charge on any atom is 0.196 e. The summed E-state index contributed by atoms with van der Waals surface area (Å²) in [6.07, 6.45) is 1.59. The van der Waals surface area contributed by atoms with Gasteiger partial charge in [-0.15, -0.1) is 0 Å². The van der Waals surface area contributed by atoms with E-state index in [-0.39, 0.29) is 0 Å². The molecule has 0 atom stereocenters. The number of anilines is 1. The molecule has 108 valence electrons. The summed E-state index contributed by atoms with van der Waals surface area (Å²) in [5.74, 6) is 0.866. The van der Waals surface area contributed by atoms with Gasteiger partial charge in [-0.05, 0) is 32.3 Å². The SMILES string of the molecule is CN(C)C1CN(c2ncnc3c2oc2ccc(Cl)cc23)C1. The van der Waals surface area contributed by atoms with E-state index >= 15 is 0 Å². The highest BCUT2D eigenvalue weighted by atomic mass is 35.5. The molecule has 21 heavy (non-hydrogen) atoms. The second-order valence-corrected chi connectivity index (χ2v) is 6.08. The molecule has 0 N–H and O–H groups in total. The van der Waals surface area contributed by atoms with E-state index in [0.717, 1.165) is 41.0 Å². The van der Waals surface area contributed by atoms with Gasteiger partial charge in [0.25, 0.3) is 0 Å². The fraction of sp³-hybridized carbons (Fsp3) is 0.333. The van der Waals surface area contributed by atoms with Crippen molar-refractivity contribution >= 4 is 39.5 Å². The summed E-state index contributed by atoms with van der Waals surface area (Å²) in [6, 6.07) is 6.15. The third-order valence-corrected chi connectivity index (χ3v) is 4.32. The number of aromatic nitrogens is 2. The Morgan fingerprint density at radius 3 is 2.86 bits per heavy atom. The third-order valence-electron chi connectivity index (χ3n) is 4.09. The highest BCUT2D eigenvalue weighted by Gasteiger charge is 2.31. The van der Waals surface area contributed by atoms with Gasteiger partial charge in [0.2, 0.25) is 0 Å². The molecule has 3 heterocycles. The predicted molar refractivity (Wildman–Crippen MR) is 84.0 cm³/mol. The number of hydrogen-bond acceptors (Lipinski definition) is 5. The Kier molecular flexibility index (Phi) is 2.80. The minimum Gasteiger partial charge on any atom is -0.450 e. The molecule has 2 aromatic heterocycles. The Morgan fingerprint density at radius 2 is 2.10 bits per heavy atom. The summed E-state index contributed by atoms with van der Waals surface area (Å²) in [6.45, 7) is 1.91. The molecule has 1 saturated heterocycles. The molecule has 5 nitrogen and oxygen atoms in total. The lowest BCUT2D eigenvalue weighted by Crippen LogP contribution is -2.57. The van der Waals surface area contributed by atoms with Crippen LogP contribution in [-0.4, -0.2) is 48.1 Å². The molecule has 1 fully saturated rings. The molecular weight excluding hydrogens is 288 g/mol. The molecule has 0 spiro atoms. The fourth-order valence-corrected chi connectivity index (χ4v) is 2.89. The average molecular weight is 303 g/mol. The molecule has 1 aliphatic heterocycles. The van der Waals surface area contributed by atoms with Crippen LogP contribution in [0.5, 0.6) is 0 Å². The van der Waals surface area contributed by atoms with Gasteiger partial charge < -0.3 is 14.2 Å². The number of likely N-dealkylation sites (N-methyl/N-ethyl adjacent to an activating group) is 1. The van der Waals surface area contributed by atoms with Gasteiger partial charge in [0.1, 0.15) is 17.4 Å². The summed E-state index contributed by atoms with van der Waals surface area (Å²) in [4.78, 5) is 13.2. The van der Waals surface area contributed by atoms with Crippen LogP contribution in [0, 0.1) is 0 Å². The van der Waals surface area contributed by atoms with Crippen LogP contribution in [0.1, 0.15) is 0 Å². The average Bonchev–Trinajstić information content (AvgIpc) is 2.75. The second-order valence-electron chi connectivity index (χ2n) is 5.64. The summed E-state index contributed by atoms with van der Waals surface area (Å²) < 4.78 is 5.95. The standard InChI is InChI=1S/C15H15ClN4O/c1-19(2)10-6-20(7-10)15-14-13(17-8-18-15)11-5-9(16)3-4-12(11)21-14/h3-5,8,10H,6-7H2,1-2H3. The second kappa shape index (κ2) is 4.58. The van der Waals surface area contributed by atoms with Crippen molar-refractivity contribution in [3.63, 3.8) is 0 Å². The smallest absolute Gasteiger partial charge is 0.196 e. The largest absolute Gasteiger partial charge is 0.450 e. The lowest BCUT2D eigenvalue weighted by molar-refractivity contribution is 0.246. The van der Waals surface area contributed by atoms with E-state index in [1.165, 1.54) is 0 Å². The molecule has 0 aliphatic carbocycles. The Hall–Kier alpha value is -1.85. The van der Waals surface area contributed by atoms with Crippen molar-refractivity contribution in [2.45, 2.75) is 6.04 Å². The molecule has 0 saturated carbocycles. The van der Waals surface area contributed by atoms with E-state index in [0.29, 0.717) is 11.1 Å². The van der Waals surface area contributed by atoms with E-state index < -0.39 is 0 Å². The monoisotopic (exact) mass is 302 g/mol. The van der Waals surface area contributed by atoms with Crippen LogP contribution in [0.3, 0.4) is 0 Å². The Bertz CT molecular complexity index is 823. The number of halogens is 1. The topological polar surface area (TPSA) is 45.4 Å². The molecular formula is C15H15ClN4O. The van der Waals surface area contributed by atoms with Crippen molar-refractivity contribution < 1.29 is 4.42 Å². The predicted octanol–water partition coefficient (Wildman–Crippen LogP) is 2.78. The van der Waals surface area contributed by atoms with Gasteiger partial charge in [-0.3, -0.25) is 0 Å². The third kappa shape index (κ3) is 1.96. The van der Waals surface area contributed by atoms with Crippen LogP contribution < -0.4 is 4.90 Å². The number of rotatable bonds is 2. The van der Waals surface area contributed by atoms with Crippen molar-refractivity contribution in [1.29, 1.82) is 0 Å². The van der Waals surface area contributed by atoms with E-state index in [2.05, 4.69) is 33.9 Å². The van der Waals surface area contributed by atoms with Crippen molar-refractivity contribution in [1.82, 2.24) is 14.9 Å². The van der Waals surface area contributed by atoms with Gasteiger partial charge in [0.15, 0.2) is 11.4 Å². The van der Waals surface area contributed by atoms with Gasteiger partial charge >= 0.3 is 0 Å². The Balaban J connectivity index is 1.82. The van der Waals surface area contributed by atoms with Crippen LogP contribution in [0.25, 0.3) is 22.1 Å². The summed E-state index contributed by atoms with van der Waals surface area (Å²) >= 11 is 6.07. The maximum atomic E-state index is 6.07. The zero-order valence-corrected chi connectivity index (χ0v) is 12.6. The first-order valence-corrected chi connectivity index (χ1v) is 7.25.